The molecule has 6 heteroatoms. The number of carbonyl (C=O) groups excluding carboxylic acids is 1. The van der Waals surface area contributed by atoms with Gasteiger partial charge in [0.1, 0.15) is 5.75 Å². The lowest BCUT2D eigenvalue weighted by Gasteiger charge is -2.38. The summed E-state index contributed by atoms with van der Waals surface area (Å²) in [5.41, 5.74) is -2.07. The molecule has 0 unspecified atom stereocenters. The number of hydrogen-bond donors (Lipinski definition) is 3. The Kier molecular flexibility index (Phi) is 4.49. The van der Waals surface area contributed by atoms with Gasteiger partial charge in [-0.15, -0.1) is 0 Å². The highest BCUT2D eigenvalue weighted by Crippen LogP contribution is 2.31. The smallest absolute Gasteiger partial charge is 0.311 e. The number of carboxylic acid groups (broad SMARTS) is 1. The van der Waals surface area contributed by atoms with E-state index in [4.69, 9.17) is 0 Å². The first-order valence-electron chi connectivity index (χ1n) is 6.03. The van der Waals surface area contributed by atoms with Crippen molar-refractivity contribution in [1.82, 2.24) is 5.32 Å². The monoisotopic (exact) mass is 343 g/mol. The van der Waals surface area contributed by atoms with E-state index in [-0.39, 0.29) is 11.3 Å². The molecular formula is C14H18BrNO4. The topological polar surface area (TPSA) is 86.6 Å². The second-order valence-electron chi connectivity index (χ2n) is 5.67. The van der Waals surface area contributed by atoms with Crippen LogP contribution in [0.3, 0.4) is 0 Å². The van der Waals surface area contributed by atoms with Crippen LogP contribution in [0.5, 0.6) is 5.75 Å². The zero-order valence-electron chi connectivity index (χ0n) is 11.8. The van der Waals surface area contributed by atoms with E-state index in [1.54, 1.807) is 19.9 Å². The first kappa shape index (κ1) is 16.5. The molecule has 0 aromatic heterocycles. The Labute approximate surface area is 126 Å². The van der Waals surface area contributed by atoms with Gasteiger partial charge in [-0.2, -0.15) is 0 Å². The molecule has 0 radical (unpaired) electrons. The molecule has 20 heavy (non-hydrogen) atoms. The minimum absolute atomic E-state index is 0.0913. The standard InChI is InChI=1S/C14H18BrNO4/c1-13(2,12(19)20)14(3,4)16-11(18)9-7-8(15)5-6-10(9)17/h5-7,17H,1-4H3,(H,16,18)(H,19,20). The second-order valence-corrected chi connectivity index (χ2v) is 6.59. The van der Waals surface area contributed by atoms with E-state index in [2.05, 4.69) is 21.2 Å². The summed E-state index contributed by atoms with van der Waals surface area (Å²) in [4.78, 5) is 23.5. The zero-order chi connectivity index (χ0) is 15.7. The van der Waals surface area contributed by atoms with Crippen LogP contribution in [0.2, 0.25) is 0 Å². The normalized spacial score (nSPS) is 12.1. The molecule has 110 valence electrons. The van der Waals surface area contributed by atoms with Gasteiger partial charge in [-0.3, -0.25) is 9.59 Å². The van der Waals surface area contributed by atoms with Crippen LogP contribution in [0.25, 0.3) is 0 Å². The summed E-state index contributed by atoms with van der Waals surface area (Å²) in [5, 5.41) is 21.6. The third-order valence-corrected chi connectivity index (χ3v) is 4.22. The number of carboxylic acids is 1. The van der Waals surface area contributed by atoms with Gasteiger partial charge in [0, 0.05) is 4.47 Å². The van der Waals surface area contributed by atoms with Crippen molar-refractivity contribution in [3.8, 4) is 5.75 Å². The number of rotatable bonds is 4. The van der Waals surface area contributed by atoms with Crippen LogP contribution in [0, 0.1) is 5.41 Å². The number of amides is 1. The Morgan fingerprint density at radius 2 is 1.75 bits per heavy atom. The molecule has 1 aromatic rings. The molecule has 0 spiro atoms. The highest BCUT2D eigenvalue weighted by atomic mass is 79.9. The van der Waals surface area contributed by atoms with Crippen LogP contribution >= 0.6 is 15.9 Å². The second kappa shape index (κ2) is 5.44. The molecule has 0 heterocycles. The maximum absolute atomic E-state index is 12.2. The third kappa shape index (κ3) is 3.12. The predicted molar refractivity (Wildman–Crippen MR) is 78.8 cm³/mol. The minimum atomic E-state index is -1.16. The summed E-state index contributed by atoms with van der Waals surface area (Å²) < 4.78 is 0.649. The fourth-order valence-corrected chi connectivity index (χ4v) is 1.83. The Balaban J connectivity index is 3.06. The molecule has 0 aliphatic heterocycles. The van der Waals surface area contributed by atoms with E-state index in [1.165, 1.54) is 26.0 Å². The molecule has 1 rings (SSSR count). The number of phenolic OH excluding ortho intramolecular Hbond substituents is 1. The van der Waals surface area contributed by atoms with Crippen molar-refractivity contribution in [2.75, 3.05) is 0 Å². The summed E-state index contributed by atoms with van der Waals surface area (Å²) in [7, 11) is 0. The predicted octanol–water partition coefficient (Wildman–Crippen LogP) is 2.77. The van der Waals surface area contributed by atoms with Gasteiger partial charge in [0.15, 0.2) is 0 Å². The van der Waals surface area contributed by atoms with Gasteiger partial charge in [-0.25, -0.2) is 0 Å². The minimum Gasteiger partial charge on any atom is -0.507 e. The summed E-state index contributed by atoms with van der Waals surface area (Å²) in [6.07, 6.45) is 0. The number of nitrogens with one attached hydrogen (secondary N) is 1. The number of benzene rings is 1. The lowest BCUT2D eigenvalue weighted by Crippen LogP contribution is -2.56. The van der Waals surface area contributed by atoms with Gasteiger partial charge < -0.3 is 15.5 Å². The molecule has 0 atom stereocenters. The lowest BCUT2D eigenvalue weighted by molar-refractivity contribution is -0.150. The molecule has 0 aliphatic rings. The number of hydrogen-bond acceptors (Lipinski definition) is 3. The van der Waals surface area contributed by atoms with Crippen molar-refractivity contribution < 1.29 is 19.8 Å². The quantitative estimate of drug-likeness (QED) is 0.784. The maximum atomic E-state index is 12.2. The molecule has 0 fully saturated rings. The zero-order valence-corrected chi connectivity index (χ0v) is 13.4. The lowest BCUT2D eigenvalue weighted by atomic mass is 9.74. The van der Waals surface area contributed by atoms with Gasteiger partial charge in [-0.05, 0) is 45.9 Å². The number of aliphatic carboxylic acids is 1. The van der Waals surface area contributed by atoms with Crippen LogP contribution in [0.4, 0.5) is 0 Å². The fraction of sp³-hybridized carbons (Fsp3) is 0.429. The number of carbonyl (C=O) groups is 2. The summed E-state index contributed by atoms with van der Waals surface area (Å²) >= 11 is 3.22. The molecular weight excluding hydrogens is 326 g/mol. The van der Waals surface area contributed by atoms with Crippen LogP contribution in [0.15, 0.2) is 22.7 Å². The Morgan fingerprint density at radius 3 is 2.25 bits per heavy atom. The SMILES string of the molecule is CC(C)(NC(=O)c1cc(Br)ccc1O)C(C)(C)C(=O)O. The molecule has 1 amide bonds. The molecule has 0 saturated carbocycles. The van der Waals surface area contributed by atoms with Crippen LogP contribution in [0.1, 0.15) is 38.1 Å². The summed E-state index contributed by atoms with van der Waals surface area (Å²) in [5.74, 6) is -1.70. The Bertz CT molecular complexity index is 552. The number of halogens is 1. The van der Waals surface area contributed by atoms with Crippen molar-refractivity contribution >= 4 is 27.8 Å². The van der Waals surface area contributed by atoms with Gasteiger partial charge in [0.2, 0.25) is 0 Å². The van der Waals surface area contributed by atoms with E-state index in [1.807, 2.05) is 0 Å². The Hall–Kier alpha value is -1.56. The van der Waals surface area contributed by atoms with Crippen LogP contribution in [-0.4, -0.2) is 27.6 Å². The summed E-state index contributed by atoms with van der Waals surface area (Å²) in [6.45, 7) is 6.34. The van der Waals surface area contributed by atoms with Gasteiger partial charge in [0.05, 0.1) is 16.5 Å². The van der Waals surface area contributed by atoms with Gasteiger partial charge in [0.25, 0.3) is 5.91 Å². The van der Waals surface area contributed by atoms with E-state index in [0.717, 1.165) is 0 Å². The van der Waals surface area contributed by atoms with Crippen molar-refractivity contribution in [1.29, 1.82) is 0 Å². The molecule has 0 bridgehead atoms. The highest BCUT2D eigenvalue weighted by Gasteiger charge is 2.44. The molecule has 3 N–H and O–H groups in total. The van der Waals surface area contributed by atoms with E-state index < -0.39 is 22.8 Å². The van der Waals surface area contributed by atoms with Crippen molar-refractivity contribution in [2.45, 2.75) is 33.2 Å². The van der Waals surface area contributed by atoms with E-state index >= 15 is 0 Å². The average molecular weight is 344 g/mol. The van der Waals surface area contributed by atoms with Gasteiger partial charge >= 0.3 is 5.97 Å². The molecule has 0 saturated heterocycles. The highest BCUT2D eigenvalue weighted by molar-refractivity contribution is 9.10. The molecule has 0 aliphatic carbocycles. The first-order valence-corrected chi connectivity index (χ1v) is 6.83. The van der Waals surface area contributed by atoms with Crippen molar-refractivity contribution in [2.24, 2.45) is 5.41 Å². The van der Waals surface area contributed by atoms with Crippen molar-refractivity contribution in [3.63, 3.8) is 0 Å². The Morgan fingerprint density at radius 1 is 1.20 bits per heavy atom. The molecule has 1 aromatic carbocycles. The number of phenols is 1. The first-order chi connectivity index (χ1) is 8.99. The van der Waals surface area contributed by atoms with E-state index in [9.17, 15) is 19.8 Å². The van der Waals surface area contributed by atoms with Crippen LogP contribution < -0.4 is 5.32 Å². The molecule has 5 nitrogen and oxygen atoms in total. The number of aromatic hydroxyl groups is 1. The third-order valence-electron chi connectivity index (χ3n) is 3.73. The summed E-state index contributed by atoms with van der Waals surface area (Å²) in [6, 6.07) is 4.49. The maximum Gasteiger partial charge on any atom is 0.311 e. The fourth-order valence-electron chi connectivity index (χ4n) is 1.46. The van der Waals surface area contributed by atoms with Crippen molar-refractivity contribution in [3.05, 3.63) is 28.2 Å². The average Bonchev–Trinajstić information content (AvgIpc) is 2.31. The largest absolute Gasteiger partial charge is 0.507 e. The van der Waals surface area contributed by atoms with Crippen LogP contribution in [-0.2, 0) is 4.79 Å². The van der Waals surface area contributed by atoms with E-state index in [0.29, 0.717) is 4.47 Å². The van der Waals surface area contributed by atoms with Gasteiger partial charge in [-0.1, -0.05) is 15.9 Å².